The molecule has 156 valence electrons. The van der Waals surface area contributed by atoms with E-state index in [1.54, 1.807) is 30.3 Å². The molecule has 0 atom stereocenters. The monoisotopic (exact) mass is 435 g/mol. The minimum absolute atomic E-state index is 0.0383. The molecule has 0 bridgehead atoms. The summed E-state index contributed by atoms with van der Waals surface area (Å²) >= 11 is 1.24. The number of halogens is 2. The van der Waals surface area contributed by atoms with Gasteiger partial charge in [0.1, 0.15) is 5.75 Å². The van der Waals surface area contributed by atoms with E-state index in [-0.39, 0.29) is 30.8 Å². The van der Waals surface area contributed by atoms with Crippen LogP contribution in [0.4, 0.5) is 14.5 Å². The predicted octanol–water partition coefficient (Wildman–Crippen LogP) is 4.19. The molecular formula is C19H15F2N3O5S. The SMILES string of the molecule is O=C(CCSc1nnc(-c2ccc(OC(F)F)cc2)o1)Nc1ccc2c(c1)OCO2. The number of rotatable bonds is 8. The topological polar surface area (TPSA) is 95.7 Å². The Morgan fingerprint density at radius 2 is 1.93 bits per heavy atom. The van der Waals surface area contributed by atoms with Gasteiger partial charge in [-0.05, 0) is 36.4 Å². The van der Waals surface area contributed by atoms with Crippen molar-refractivity contribution in [2.45, 2.75) is 18.3 Å². The predicted molar refractivity (Wildman–Crippen MR) is 103 cm³/mol. The van der Waals surface area contributed by atoms with Crippen molar-refractivity contribution in [3.63, 3.8) is 0 Å². The molecule has 30 heavy (non-hydrogen) atoms. The van der Waals surface area contributed by atoms with Crippen molar-refractivity contribution in [3.05, 3.63) is 42.5 Å². The van der Waals surface area contributed by atoms with E-state index in [0.29, 0.717) is 33.7 Å². The average Bonchev–Trinajstić information content (AvgIpc) is 3.37. The quantitative estimate of drug-likeness (QED) is 0.527. The summed E-state index contributed by atoms with van der Waals surface area (Å²) in [4.78, 5) is 12.1. The number of carbonyl (C=O) groups excluding carboxylic acids is 1. The standard InChI is InChI=1S/C19H15F2N3O5S/c20-18(21)28-13-4-1-11(2-5-13)17-23-24-19(29-17)30-8-7-16(25)22-12-3-6-14-15(9-12)27-10-26-14/h1-6,9,18H,7-8,10H2,(H,22,25). The number of hydrogen-bond acceptors (Lipinski definition) is 8. The fourth-order valence-corrected chi connectivity index (χ4v) is 3.29. The first-order valence-electron chi connectivity index (χ1n) is 8.78. The van der Waals surface area contributed by atoms with Crippen LogP contribution in [-0.4, -0.2) is 35.3 Å². The highest BCUT2D eigenvalue weighted by Gasteiger charge is 2.15. The third-order valence-electron chi connectivity index (χ3n) is 3.94. The molecular weight excluding hydrogens is 420 g/mol. The molecule has 0 radical (unpaired) electrons. The van der Waals surface area contributed by atoms with E-state index in [2.05, 4.69) is 20.3 Å². The van der Waals surface area contributed by atoms with Gasteiger partial charge in [-0.2, -0.15) is 8.78 Å². The Labute approximate surface area is 173 Å². The summed E-state index contributed by atoms with van der Waals surface area (Å²) in [5.74, 6) is 1.78. The molecule has 11 heteroatoms. The average molecular weight is 435 g/mol. The van der Waals surface area contributed by atoms with Gasteiger partial charge in [0.25, 0.3) is 5.22 Å². The van der Waals surface area contributed by atoms with Crippen molar-refractivity contribution in [2.24, 2.45) is 0 Å². The van der Waals surface area contributed by atoms with Gasteiger partial charge in [0, 0.05) is 29.5 Å². The van der Waals surface area contributed by atoms with Crippen molar-refractivity contribution >= 4 is 23.4 Å². The lowest BCUT2D eigenvalue weighted by atomic mass is 10.2. The van der Waals surface area contributed by atoms with Gasteiger partial charge in [-0.15, -0.1) is 10.2 Å². The van der Waals surface area contributed by atoms with Crippen molar-refractivity contribution < 1.29 is 32.2 Å². The number of carbonyl (C=O) groups is 1. The Bertz CT molecular complexity index is 1030. The molecule has 2 aromatic carbocycles. The summed E-state index contributed by atoms with van der Waals surface area (Å²) in [6.07, 6.45) is 0.233. The lowest BCUT2D eigenvalue weighted by Gasteiger charge is -2.05. The van der Waals surface area contributed by atoms with E-state index in [1.807, 2.05) is 0 Å². The second-order valence-corrected chi connectivity index (χ2v) is 7.04. The maximum absolute atomic E-state index is 12.2. The molecule has 1 aliphatic heterocycles. The van der Waals surface area contributed by atoms with Crippen LogP contribution in [0.15, 0.2) is 52.1 Å². The van der Waals surface area contributed by atoms with Crippen molar-refractivity contribution in [2.75, 3.05) is 17.9 Å². The van der Waals surface area contributed by atoms with Crippen LogP contribution in [0.1, 0.15) is 6.42 Å². The number of alkyl halides is 2. The normalized spacial score (nSPS) is 12.2. The molecule has 0 spiro atoms. The number of amides is 1. The van der Waals surface area contributed by atoms with Crippen LogP contribution in [0.25, 0.3) is 11.5 Å². The van der Waals surface area contributed by atoms with Gasteiger partial charge in [0.15, 0.2) is 11.5 Å². The number of thioether (sulfide) groups is 1. The molecule has 2 heterocycles. The number of benzene rings is 2. The first-order chi connectivity index (χ1) is 14.6. The maximum atomic E-state index is 12.2. The first kappa shape index (κ1) is 20.0. The highest BCUT2D eigenvalue weighted by atomic mass is 32.2. The lowest BCUT2D eigenvalue weighted by Crippen LogP contribution is -2.12. The Kier molecular flexibility index (Phi) is 5.98. The zero-order chi connectivity index (χ0) is 20.9. The summed E-state index contributed by atoms with van der Waals surface area (Å²) in [5, 5.41) is 10.9. The second kappa shape index (κ2) is 8.99. The first-order valence-corrected chi connectivity index (χ1v) is 9.76. The van der Waals surface area contributed by atoms with E-state index in [1.165, 1.54) is 23.9 Å². The molecule has 4 rings (SSSR count). The molecule has 3 aromatic rings. The maximum Gasteiger partial charge on any atom is 0.387 e. The van der Waals surface area contributed by atoms with Gasteiger partial charge in [-0.25, -0.2) is 0 Å². The largest absolute Gasteiger partial charge is 0.454 e. The Balaban J connectivity index is 1.25. The van der Waals surface area contributed by atoms with E-state index in [4.69, 9.17) is 13.9 Å². The zero-order valence-electron chi connectivity index (χ0n) is 15.3. The molecule has 1 aromatic heterocycles. The number of fused-ring (bicyclic) bond motifs is 1. The van der Waals surface area contributed by atoms with Crippen LogP contribution in [0.2, 0.25) is 0 Å². The molecule has 1 amide bonds. The van der Waals surface area contributed by atoms with Crippen LogP contribution < -0.4 is 19.5 Å². The summed E-state index contributed by atoms with van der Waals surface area (Å²) in [5.41, 5.74) is 1.19. The lowest BCUT2D eigenvalue weighted by molar-refractivity contribution is -0.115. The minimum Gasteiger partial charge on any atom is -0.454 e. The van der Waals surface area contributed by atoms with E-state index in [0.717, 1.165) is 0 Å². The molecule has 0 aliphatic carbocycles. The van der Waals surface area contributed by atoms with E-state index in [9.17, 15) is 13.6 Å². The number of anilines is 1. The summed E-state index contributed by atoms with van der Waals surface area (Å²) in [7, 11) is 0. The van der Waals surface area contributed by atoms with Gasteiger partial charge < -0.3 is 23.9 Å². The van der Waals surface area contributed by atoms with Gasteiger partial charge in [0.2, 0.25) is 18.6 Å². The van der Waals surface area contributed by atoms with Crippen LogP contribution in [0, 0.1) is 0 Å². The van der Waals surface area contributed by atoms with E-state index >= 15 is 0 Å². The minimum atomic E-state index is -2.88. The molecule has 8 nitrogen and oxygen atoms in total. The van der Waals surface area contributed by atoms with Crippen LogP contribution in [0.5, 0.6) is 17.2 Å². The summed E-state index contributed by atoms with van der Waals surface area (Å²) in [6, 6.07) is 11.0. The molecule has 0 fully saturated rings. The number of nitrogens with zero attached hydrogens (tertiary/aromatic N) is 2. The molecule has 1 aliphatic rings. The van der Waals surface area contributed by atoms with Gasteiger partial charge >= 0.3 is 6.61 Å². The fourth-order valence-electron chi connectivity index (χ4n) is 2.59. The molecule has 0 saturated carbocycles. The van der Waals surface area contributed by atoms with Gasteiger partial charge in [-0.1, -0.05) is 11.8 Å². The second-order valence-electron chi connectivity index (χ2n) is 5.99. The zero-order valence-corrected chi connectivity index (χ0v) is 16.2. The van der Waals surface area contributed by atoms with Crippen molar-refractivity contribution in [1.82, 2.24) is 10.2 Å². The van der Waals surface area contributed by atoms with Crippen molar-refractivity contribution in [3.8, 4) is 28.7 Å². The van der Waals surface area contributed by atoms with Crippen molar-refractivity contribution in [1.29, 1.82) is 0 Å². The Morgan fingerprint density at radius 3 is 2.73 bits per heavy atom. The molecule has 0 unspecified atom stereocenters. The summed E-state index contributed by atoms with van der Waals surface area (Å²) < 4.78 is 44.7. The highest BCUT2D eigenvalue weighted by Crippen LogP contribution is 2.34. The number of ether oxygens (including phenoxy) is 3. The Morgan fingerprint density at radius 1 is 1.13 bits per heavy atom. The van der Waals surface area contributed by atoms with E-state index < -0.39 is 6.61 Å². The van der Waals surface area contributed by atoms with Crippen LogP contribution >= 0.6 is 11.8 Å². The smallest absolute Gasteiger partial charge is 0.387 e. The number of nitrogens with one attached hydrogen (secondary N) is 1. The number of aromatic nitrogens is 2. The number of hydrogen-bond donors (Lipinski definition) is 1. The van der Waals surface area contributed by atoms with Crippen LogP contribution in [0.3, 0.4) is 0 Å². The van der Waals surface area contributed by atoms with Gasteiger partial charge in [-0.3, -0.25) is 4.79 Å². The molecule has 0 saturated heterocycles. The highest BCUT2D eigenvalue weighted by molar-refractivity contribution is 7.99. The fraction of sp³-hybridized carbons (Fsp3) is 0.211. The van der Waals surface area contributed by atoms with Crippen LogP contribution in [-0.2, 0) is 4.79 Å². The Hall–Kier alpha value is -3.34. The van der Waals surface area contributed by atoms with Gasteiger partial charge in [0.05, 0.1) is 0 Å². The third-order valence-corrected chi connectivity index (χ3v) is 4.76. The summed E-state index contributed by atoms with van der Waals surface area (Å²) in [6.45, 7) is -2.71. The third kappa shape index (κ3) is 4.98. The molecule has 1 N–H and O–H groups in total.